The molecule has 12 rings (SSSR count). The van der Waals surface area contributed by atoms with Crippen LogP contribution in [0.4, 0.5) is 17.1 Å². The van der Waals surface area contributed by atoms with E-state index in [1.165, 1.54) is 55.3 Å². The summed E-state index contributed by atoms with van der Waals surface area (Å²) in [7, 11) is 0. The van der Waals surface area contributed by atoms with Crippen LogP contribution in [0.15, 0.2) is 235 Å². The van der Waals surface area contributed by atoms with Crippen LogP contribution in [0.1, 0.15) is 23.6 Å². The number of fused-ring (bicyclic) bond motifs is 7. The minimum Gasteiger partial charge on any atom is -0.456 e. The number of para-hydroxylation sites is 3. The van der Waals surface area contributed by atoms with Crippen LogP contribution in [0.5, 0.6) is 0 Å². The van der Waals surface area contributed by atoms with Gasteiger partial charge < -0.3 is 9.32 Å². The van der Waals surface area contributed by atoms with Gasteiger partial charge in [0.05, 0.1) is 11.4 Å². The van der Waals surface area contributed by atoms with Gasteiger partial charge in [0.15, 0.2) is 0 Å². The van der Waals surface area contributed by atoms with Gasteiger partial charge in [-0.2, -0.15) is 0 Å². The zero-order valence-electron chi connectivity index (χ0n) is 34.3. The molecule has 1 unspecified atom stereocenters. The van der Waals surface area contributed by atoms with Crippen molar-refractivity contribution in [2.75, 3.05) is 4.90 Å². The zero-order chi connectivity index (χ0) is 41.2. The van der Waals surface area contributed by atoms with E-state index in [2.05, 4.69) is 236 Å². The van der Waals surface area contributed by atoms with E-state index < -0.39 is 0 Å². The normalized spacial score (nSPS) is 14.3. The van der Waals surface area contributed by atoms with E-state index in [0.717, 1.165) is 55.7 Å². The Morgan fingerprint density at radius 2 is 0.968 bits per heavy atom. The molecule has 1 aliphatic rings. The Bertz CT molecular complexity index is 3490. The molecule has 11 aromatic rings. The fraction of sp³-hybridized carbons (Fsp3) is 0.0333. The number of furan rings is 1. The lowest BCUT2D eigenvalue weighted by Crippen LogP contribution is -2.22. The molecule has 0 saturated heterocycles. The van der Waals surface area contributed by atoms with E-state index in [-0.39, 0.29) is 5.41 Å². The van der Waals surface area contributed by atoms with Gasteiger partial charge in [0.1, 0.15) is 11.2 Å². The van der Waals surface area contributed by atoms with Gasteiger partial charge in [-0.05, 0) is 104 Å². The molecule has 2 heteroatoms. The summed E-state index contributed by atoms with van der Waals surface area (Å²) in [4.78, 5) is 2.44. The number of nitrogens with zero attached hydrogens (tertiary/aromatic N) is 1. The highest BCUT2D eigenvalue weighted by molar-refractivity contribution is 6.10. The Morgan fingerprint density at radius 3 is 1.77 bits per heavy atom. The quantitative estimate of drug-likeness (QED) is 0.160. The summed E-state index contributed by atoms with van der Waals surface area (Å²) in [6, 6.07) is 83.8. The highest BCUT2D eigenvalue weighted by Gasteiger charge is 2.41. The summed E-state index contributed by atoms with van der Waals surface area (Å²) in [5.74, 6) is 0. The summed E-state index contributed by atoms with van der Waals surface area (Å²) >= 11 is 0. The third-order valence-corrected chi connectivity index (χ3v) is 13.2. The van der Waals surface area contributed by atoms with Crippen LogP contribution in [-0.4, -0.2) is 0 Å². The maximum Gasteiger partial charge on any atom is 0.137 e. The van der Waals surface area contributed by atoms with Gasteiger partial charge in [0.2, 0.25) is 0 Å². The Balaban J connectivity index is 1.11. The smallest absolute Gasteiger partial charge is 0.137 e. The first-order chi connectivity index (χ1) is 30.6. The highest BCUT2D eigenvalue weighted by atomic mass is 16.3. The second-order valence-corrected chi connectivity index (χ2v) is 16.5. The van der Waals surface area contributed by atoms with E-state index in [9.17, 15) is 0 Å². The lowest BCUT2D eigenvalue weighted by Gasteiger charge is -2.31. The van der Waals surface area contributed by atoms with Crippen LogP contribution in [0.25, 0.3) is 77.2 Å². The Labute approximate surface area is 361 Å². The van der Waals surface area contributed by atoms with Crippen LogP contribution in [-0.2, 0) is 5.41 Å². The number of anilines is 3. The molecule has 1 aromatic heterocycles. The van der Waals surface area contributed by atoms with E-state index in [1.54, 1.807) is 0 Å². The Hall–Kier alpha value is -7.94. The van der Waals surface area contributed by atoms with Crippen molar-refractivity contribution in [2.24, 2.45) is 0 Å². The van der Waals surface area contributed by atoms with Gasteiger partial charge in [-0.3, -0.25) is 0 Å². The van der Waals surface area contributed by atoms with E-state index in [1.807, 2.05) is 6.07 Å². The second-order valence-electron chi connectivity index (χ2n) is 16.5. The first kappa shape index (κ1) is 36.0. The maximum absolute atomic E-state index is 6.59. The summed E-state index contributed by atoms with van der Waals surface area (Å²) < 4.78 is 6.59. The highest BCUT2D eigenvalue weighted by Crippen LogP contribution is 2.54. The standard InChI is InChI=1S/C60H41NO/c1-60(43-22-6-3-7-23-43)53-30-12-8-25-47(53)48-36-34-42(38-54(48)60)45-24-9-13-31-55(45)61(44-35-37-51-50-27-11-15-33-57(50)62-58(51)39-44)56-32-14-10-26-49(56)52-29-17-21-41-20-16-28-46(59(41)52)40-18-4-2-5-19-40/h2-39H,1H3. The van der Waals surface area contributed by atoms with Gasteiger partial charge in [-0.15, -0.1) is 0 Å². The van der Waals surface area contributed by atoms with E-state index >= 15 is 0 Å². The fourth-order valence-corrected chi connectivity index (χ4v) is 10.2. The SMILES string of the molecule is CC1(c2ccccc2)c2ccccc2-c2ccc(-c3ccccc3N(c3ccc4c(c3)oc3ccccc34)c3ccccc3-c3cccc4cccc(-c5ccccc5)c34)cc21. The lowest BCUT2D eigenvalue weighted by molar-refractivity contribution is 0.669. The van der Waals surface area contributed by atoms with Crippen LogP contribution < -0.4 is 4.90 Å². The van der Waals surface area contributed by atoms with Gasteiger partial charge in [0.25, 0.3) is 0 Å². The number of hydrogen-bond donors (Lipinski definition) is 0. The minimum atomic E-state index is -0.318. The average Bonchev–Trinajstić information content (AvgIpc) is 3.84. The molecule has 0 N–H and O–H groups in total. The molecule has 0 radical (unpaired) electrons. The molecule has 0 amide bonds. The Morgan fingerprint density at radius 1 is 0.371 bits per heavy atom. The van der Waals surface area contributed by atoms with Crippen molar-refractivity contribution in [3.05, 3.63) is 247 Å². The van der Waals surface area contributed by atoms with Crippen LogP contribution >= 0.6 is 0 Å². The van der Waals surface area contributed by atoms with Crippen molar-refractivity contribution in [1.29, 1.82) is 0 Å². The van der Waals surface area contributed by atoms with Crippen molar-refractivity contribution < 1.29 is 4.42 Å². The molecule has 0 aliphatic heterocycles. The third kappa shape index (κ3) is 5.57. The van der Waals surface area contributed by atoms with Gasteiger partial charge in [-0.25, -0.2) is 0 Å². The van der Waals surface area contributed by atoms with Crippen molar-refractivity contribution >= 4 is 49.8 Å². The predicted octanol–water partition coefficient (Wildman–Crippen LogP) is 16.5. The fourth-order valence-electron chi connectivity index (χ4n) is 10.2. The van der Waals surface area contributed by atoms with Crippen molar-refractivity contribution in [3.8, 4) is 44.5 Å². The topological polar surface area (TPSA) is 16.4 Å². The van der Waals surface area contributed by atoms with Gasteiger partial charge in [-0.1, -0.05) is 188 Å². The molecular formula is C60H41NO. The number of hydrogen-bond acceptors (Lipinski definition) is 2. The average molecular weight is 792 g/mol. The first-order valence-corrected chi connectivity index (χ1v) is 21.4. The van der Waals surface area contributed by atoms with Gasteiger partial charge >= 0.3 is 0 Å². The summed E-state index contributed by atoms with van der Waals surface area (Å²) in [6.07, 6.45) is 0. The Kier molecular flexibility index (Phi) is 8.33. The third-order valence-electron chi connectivity index (χ3n) is 13.2. The van der Waals surface area contributed by atoms with Crippen LogP contribution in [0.2, 0.25) is 0 Å². The lowest BCUT2D eigenvalue weighted by atomic mass is 9.74. The number of rotatable bonds is 7. The van der Waals surface area contributed by atoms with Crippen molar-refractivity contribution in [3.63, 3.8) is 0 Å². The molecule has 62 heavy (non-hydrogen) atoms. The van der Waals surface area contributed by atoms with E-state index in [4.69, 9.17) is 4.42 Å². The van der Waals surface area contributed by atoms with Crippen molar-refractivity contribution in [2.45, 2.75) is 12.3 Å². The minimum absolute atomic E-state index is 0.318. The predicted molar refractivity (Wildman–Crippen MR) is 260 cm³/mol. The zero-order valence-corrected chi connectivity index (χ0v) is 34.3. The molecule has 0 spiro atoms. The molecule has 0 saturated carbocycles. The molecule has 10 aromatic carbocycles. The molecule has 2 nitrogen and oxygen atoms in total. The molecular weight excluding hydrogens is 751 g/mol. The molecule has 292 valence electrons. The first-order valence-electron chi connectivity index (χ1n) is 21.4. The summed E-state index contributed by atoms with van der Waals surface area (Å²) in [5, 5.41) is 4.65. The monoisotopic (exact) mass is 791 g/mol. The second kappa shape index (κ2) is 14.4. The molecule has 0 bridgehead atoms. The molecule has 1 aliphatic carbocycles. The summed E-state index contributed by atoms with van der Waals surface area (Å²) in [6.45, 7) is 2.39. The largest absolute Gasteiger partial charge is 0.456 e. The number of benzene rings is 10. The van der Waals surface area contributed by atoms with Crippen LogP contribution in [0, 0.1) is 0 Å². The maximum atomic E-state index is 6.59. The van der Waals surface area contributed by atoms with Crippen LogP contribution in [0.3, 0.4) is 0 Å². The molecule has 1 heterocycles. The molecule has 1 atom stereocenters. The van der Waals surface area contributed by atoms with Gasteiger partial charge in [0, 0.05) is 39.1 Å². The van der Waals surface area contributed by atoms with Crippen molar-refractivity contribution in [1.82, 2.24) is 0 Å². The van der Waals surface area contributed by atoms with E-state index in [0.29, 0.717) is 0 Å². The summed E-state index contributed by atoms with van der Waals surface area (Å²) in [5.41, 5.74) is 18.2. The molecule has 0 fully saturated rings.